The summed E-state index contributed by atoms with van der Waals surface area (Å²) in [5.41, 5.74) is 5.45. The molecule has 0 spiro atoms. The summed E-state index contributed by atoms with van der Waals surface area (Å²) in [5.74, 6) is 2.06. The first-order valence-electron chi connectivity index (χ1n) is 10.0. The van der Waals surface area contributed by atoms with E-state index in [4.69, 9.17) is 4.42 Å². The first-order chi connectivity index (χ1) is 13.1. The minimum Gasteiger partial charge on any atom is -0.463 e. The number of nitrogens with one attached hydrogen (secondary N) is 1. The Kier molecular flexibility index (Phi) is 3.78. The van der Waals surface area contributed by atoms with Crippen LogP contribution in [0.2, 0.25) is 0 Å². The molecule has 1 N–H and O–H groups in total. The zero-order valence-electron chi connectivity index (χ0n) is 15.8. The number of hydrogen-bond donors (Lipinski definition) is 1. The Morgan fingerprint density at radius 1 is 1.15 bits per heavy atom. The van der Waals surface area contributed by atoms with Crippen LogP contribution >= 0.6 is 0 Å². The number of amides is 1. The molecule has 4 bridgehead atoms. The van der Waals surface area contributed by atoms with Gasteiger partial charge in [0.05, 0.1) is 17.9 Å². The summed E-state index contributed by atoms with van der Waals surface area (Å²) in [7, 11) is 0. The van der Waals surface area contributed by atoms with E-state index in [1.165, 1.54) is 30.4 Å². The molecule has 27 heavy (non-hydrogen) atoms. The average Bonchev–Trinajstić information content (AvgIpc) is 3.14. The van der Waals surface area contributed by atoms with Crippen molar-refractivity contribution < 1.29 is 9.21 Å². The van der Waals surface area contributed by atoms with Gasteiger partial charge in [0, 0.05) is 0 Å². The van der Waals surface area contributed by atoms with Crippen molar-refractivity contribution in [3.63, 3.8) is 0 Å². The molecule has 1 aromatic heterocycles. The Hall–Kier alpha value is -2.36. The maximum atomic E-state index is 13.2. The molecule has 4 aliphatic rings. The van der Waals surface area contributed by atoms with Gasteiger partial charge in [-0.25, -0.2) is 5.43 Å². The Bertz CT molecular complexity index is 852. The van der Waals surface area contributed by atoms with Gasteiger partial charge in [0.1, 0.15) is 5.76 Å². The second kappa shape index (κ2) is 6.08. The zero-order chi connectivity index (χ0) is 18.5. The van der Waals surface area contributed by atoms with Crippen molar-refractivity contribution >= 4 is 12.1 Å². The first kappa shape index (κ1) is 16.8. The molecule has 0 saturated heterocycles. The van der Waals surface area contributed by atoms with Gasteiger partial charge in [-0.05, 0) is 80.4 Å². The van der Waals surface area contributed by atoms with Gasteiger partial charge in [0.25, 0.3) is 0 Å². The third kappa shape index (κ3) is 2.82. The highest BCUT2D eigenvalue weighted by Gasteiger charge is 2.60. The molecule has 4 nitrogen and oxygen atoms in total. The van der Waals surface area contributed by atoms with Gasteiger partial charge in [0.15, 0.2) is 0 Å². The Morgan fingerprint density at radius 3 is 2.56 bits per heavy atom. The molecule has 4 heteroatoms. The van der Waals surface area contributed by atoms with Crippen molar-refractivity contribution in [2.75, 3.05) is 0 Å². The maximum Gasteiger partial charge on any atom is 0.246 e. The number of carbonyl (C=O) groups excluding carboxylic acids is 1. The van der Waals surface area contributed by atoms with Crippen LogP contribution in [0.3, 0.4) is 0 Å². The van der Waals surface area contributed by atoms with Crippen LogP contribution in [0.15, 0.2) is 52.2 Å². The fourth-order valence-electron chi connectivity index (χ4n) is 6.41. The van der Waals surface area contributed by atoms with Gasteiger partial charge >= 0.3 is 0 Å². The molecule has 1 amide bonds. The standard InChI is InChI=1S/C23H26N2O2/c1-16-4-6-19(7-5-16)22-10-17-9-18(11-22)13-23(12-17,15-22)21(26)25-24-14-20-3-2-8-27-20/h2-8,14,17-18H,9-13,15H2,1H3,(H,25,26). The Labute approximate surface area is 160 Å². The quantitative estimate of drug-likeness (QED) is 0.639. The lowest BCUT2D eigenvalue weighted by Crippen LogP contribution is -2.58. The minimum absolute atomic E-state index is 0.0934. The number of nitrogens with zero attached hydrogens (tertiary/aromatic N) is 1. The summed E-state index contributed by atoms with van der Waals surface area (Å²) in [4.78, 5) is 13.2. The van der Waals surface area contributed by atoms with Gasteiger partial charge in [-0.3, -0.25) is 4.79 Å². The van der Waals surface area contributed by atoms with E-state index in [-0.39, 0.29) is 16.7 Å². The minimum atomic E-state index is -0.268. The second-order valence-electron chi connectivity index (χ2n) is 9.10. The monoisotopic (exact) mass is 362 g/mol. The van der Waals surface area contributed by atoms with E-state index in [0.717, 1.165) is 19.3 Å². The van der Waals surface area contributed by atoms with E-state index < -0.39 is 0 Å². The predicted octanol–water partition coefficient (Wildman–Crippen LogP) is 4.58. The molecule has 4 fully saturated rings. The molecular weight excluding hydrogens is 336 g/mol. The van der Waals surface area contributed by atoms with Gasteiger partial charge < -0.3 is 4.42 Å². The molecule has 0 radical (unpaired) electrons. The lowest BCUT2D eigenvalue weighted by molar-refractivity contribution is -0.149. The fraction of sp³-hybridized carbons (Fsp3) is 0.478. The highest BCUT2D eigenvalue weighted by molar-refractivity contribution is 5.85. The number of carbonyl (C=O) groups is 1. The van der Waals surface area contributed by atoms with E-state index in [0.29, 0.717) is 17.6 Å². The van der Waals surface area contributed by atoms with Crippen LogP contribution in [0.1, 0.15) is 55.4 Å². The highest BCUT2D eigenvalue weighted by Crippen LogP contribution is 2.65. The molecule has 2 unspecified atom stereocenters. The number of benzene rings is 1. The summed E-state index contributed by atoms with van der Waals surface area (Å²) >= 11 is 0. The van der Waals surface area contributed by atoms with E-state index in [2.05, 4.69) is 41.7 Å². The number of hydrazone groups is 1. The van der Waals surface area contributed by atoms with E-state index >= 15 is 0 Å². The third-order valence-electron chi connectivity index (χ3n) is 7.11. The van der Waals surface area contributed by atoms with Gasteiger partial charge in [-0.2, -0.15) is 5.10 Å². The summed E-state index contributed by atoms with van der Waals surface area (Å²) in [6, 6.07) is 12.7. The van der Waals surface area contributed by atoms with Crippen molar-refractivity contribution in [2.24, 2.45) is 22.4 Å². The summed E-state index contributed by atoms with van der Waals surface area (Å²) in [6.45, 7) is 2.13. The first-order valence-corrected chi connectivity index (χ1v) is 10.0. The largest absolute Gasteiger partial charge is 0.463 e. The van der Waals surface area contributed by atoms with Crippen LogP contribution in [-0.2, 0) is 10.2 Å². The normalized spacial score (nSPS) is 34.3. The van der Waals surface area contributed by atoms with Crippen molar-refractivity contribution in [1.82, 2.24) is 5.43 Å². The number of rotatable bonds is 4. The van der Waals surface area contributed by atoms with Gasteiger partial charge in [-0.1, -0.05) is 29.8 Å². The highest BCUT2D eigenvalue weighted by atomic mass is 16.3. The van der Waals surface area contributed by atoms with Crippen LogP contribution in [0, 0.1) is 24.2 Å². The lowest BCUT2D eigenvalue weighted by Gasteiger charge is -2.61. The van der Waals surface area contributed by atoms with E-state index in [1.807, 2.05) is 12.1 Å². The zero-order valence-corrected chi connectivity index (χ0v) is 15.8. The van der Waals surface area contributed by atoms with Crippen molar-refractivity contribution in [2.45, 2.75) is 50.9 Å². The van der Waals surface area contributed by atoms with E-state index in [1.54, 1.807) is 12.5 Å². The predicted molar refractivity (Wildman–Crippen MR) is 104 cm³/mol. The van der Waals surface area contributed by atoms with Crippen LogP contribution in [0.4, 0.5) is 0 Å². The molecule has 6 rings (SSSR count). The van der Waals surface area contributed by atoms with Crippen LogP contribution < -0.4 is 5.43 Å². The van der Waals surface area contributed by atoms with Crippen LogP contribution in [0.25, 0.3) is 0 Å². The number of hydrogen-bond acceptors (Lipinski definition) is 3. The summed E-state index contributed by atoms with van der Waals surface area (Å²) in [5, 5.41) is 4.16. The third-order valence-corrected chi connectivity index (χ3v) is 7.11. The Morgan fingerprint density at radius 2 is 1.89 bits per heavy atom. The number of furan rings is 1. The lowest BCUT2D eigenvalue weighted by atomic mass is 9.42. The fourth-order valence-corrected chi connectivity index (χ4v) is 6.41. The molecule has 4 aliphatic carbocycles. The van der Waals surface area contributed by atoms with Crippen molar-refractivity contribution in [3.8, 4) is 0 Å². The summed E-state index contributed by atoms with van der Waals surface area (Å²) < 4.78 is 5.25. The molecule has 2 atom stereocenters. The average molecular weight is 362 g/mol. The van der Waals surface area contributed by atoms with Gasteiger partial charge in [0.2, 0.25) is 5.91 Å². The molecule has 140 valence electrons. The molecular formula is C23H26N2O2. The maximum absolute atomic E-state index is 13.2. The topological polar surface area (TPSA) is 54.6 Å². The number of aryl methyl sites for hydroxylation is 1. The molecule has 2 aromatic rings. The van der Waals surface area contributed by atoms with Crippen molar-refractivity contribution in [3.05, 3.63) is 59.5 Å². The van der Waals surface area contributed by atoms with E-state index in [9.17, 15) is 4.79 Å². The van der Waals surface area contributed by atoms with Crippen molar-refractivity contribution in [1.29, 1.82) is 0 Å². The Balaban J connectivity index is 1.41. The van der Waals surface area contributed by atoms with Gasteiger partial charge in [-0.15, -0.1) is 0 Å². The second-order valence-corrected chi connectivity index (χ2v) is 9.10. The molecule has 0 aliphatic heterocycles. The molecule has 1 heterocycles. The molecule has 1 aromatic carbocycles. The SMILES string of the molecule is Cc1ccc(C23CC4CC(CC(C(=O)NN=Cc5ccco5)(C4)C2)C3)cc1. The smallest absolute Gasteiger partial charge is 0.246 e. The molecule has 4 saturated carbocycles. The van der Waals surface area contributed by atoms with Crippen LogP contribution in [0.5, 0.6) is 0 Å². The summed E-state index contributed by atoms with van der Waals surface area (Å²) in [6.07, 6.45) is 9.92. The van der Waals surface area contributed by atoms with Crippen LogP contribution in [-0.4, -0.2) is 12.1 Å².